The second-order valence-corrected chi connectivity index (χ2v) is 9.88. The average molecular weight is 483 g/mol. The molecule has 0 aromatic heterocycles. The lowest BCUT2D eigenvalue weighted by molar-refractivity contribution is 0.493. The maximum Gasteiger partial charge on any atom is 0.135 e. The molecule has 0 aliphatic carbocycles. The van der Waals surface area contributed by atoms with Crippen molar-refractivity contribution in [1.82, 2.24) is 0 Å². The molecular weight excluding hydrogens is 448 g/mol. The number of ether oxygens (including phenoxy) is 1. The molecule has 0 saturated carbocycles. The SMILES string of the molecule is CCc1c2ccccc2c(CC)c2c(Oc3cccc4c(CC)c5ccccc5c(CC)c34)cccc12. The van der Waals surface area contributed by atoms with Gasteiger partial charge in [0.05, 0.1) is 0 Å². The van der Waals surface area contributed by atoms with Crippen molar-refractivity contribution >= 4 is 43.1 Å². The Bertz CT molecular complexity index is 1660. The van der Waals surface area contributed by atoms with E-state index in [-0.39, 0.29) is 0 Å². The molecule has 0 radical (unpaired) electrons. The van der Waals surface area contributed by atoms with Gasteiger partial charge in [-0.15, -0.1) is 0 Å². The van der Waals surface area contributed by atoms with Crippen LogP contribution in [0.4, 0.5) is 0 Å². The standard InChI is InChI=1S/C36H34O/c1-5-23-27-15-9-11-17-29(27)25(7-3)35-31(23)19-13-21-33(35)37-34-22-14-20-32-24(6-2)28-16-10-12-18-30(28)26(8-4)36(32)34/h9-22H,5-8H2,1-4H3. The van der Waals surface area contributed by atoms with Crippen LogP contribution in [-0.4, -0.2) is 0 Å². The first-order valence-electron chi connectivity index (χ1n) is 13.8. The third-order valence-corrected chi connectivity index (χ3v) is 8.09. The Morgan fingerprint density at radius 3 is 1.05 bits per heavy atom. The van der Waals surface area contributed by atoms with Crippen LogP contribution in [0.5, 0.6) is 11.5 Å². The molecule has 0 amide bonds. The monoisotopic (exact) mass is 482 g/mol. The Kier molecular flexibility index (Phi) is 6.08. The molecule has 6 rings (SSSR count). The van der Waals surface area contributed by atoms with E-state index in [2.05, 4.69) is 113 Å². The van der Waals surface area contributed by atoms with Crippen LogP contribution in [0.15, 0.2) is 84.9 Å². The summed E-state index contributed by atoms with van der Waals surface area (Å²) in [5, 5.41) is 10.6. The Morgan fingerprint density at radius 1 is 0.378 bits per heavy atom. The summed E-state index contributed by atoms with van der Waals surface area (Å²) >= 11 is 0. The Balaban J connectivity index is 1.68. The van der Waals surface area contributed by atoms with Crippen LogP contribution < -0.4 is 4.74 Å². The molecule has 0 aliphatic heterocycles. The lowest BCUT2D eigenvalue weighted by atomic mass is 9.88. The number of hydrogen-bond donors (Lipinski definition) is 0. The molecule has 1 nitrogen and oxygen atoms in total. The van der Waals surface area contributed by atoms with E-state index in [0.29, 0.717) is 0 Å². The first kappa shape index (κ1) is 23.6. The average Bonchev–Trinajstić information content (AvgIpc) is 2.95. The lowest BCUT2D eigenvalue weighted by Gasteiger charge is -2.21. The second kappa shape index (κ2) is 9.56. The van der Waals surface area contributed by atoms with E-state index in [9.17, 15) is 0 Å². The first-order valence-corrected chi connectivity index (χ1v) is 13.8. The Morgan fingerprint density at radius 2 is 0.703 bits per heavy atom. The summed E-state index contributed by atoms with van der Waals surface area (Å²) in [6.45, 7) is 9.04. The number of aryl methyl sites for hydroxylation is 4. The van der Waals surface area contributed by atoms with Crippen LogP contribution in [0.1, 0.15) is 49.9 Å². The van der Waals surface area contributed by atoms with Crippen LogP contribution in [-0.2, 0) is 25.7 Å². The van der Waals surface area contributed by atoms with Gasteiger partial charge in [-0.2, -0.15) is 0 Å². The molecule has 184 valence electrons. The van der Waals surface area contributed by atoms with Crippen molar-refractivity contribution in [3.8, 4) is 11.5 Å². The van der Waals surface area contributed by atoms with Crippen LogP contribution in [0.25, 0.3) is 43.1 Å². The van der Waals surface area contributed by atoms with Crippen molar-refractivity contribution in [2.24, 2.45) is 0 Å². The fraction of sp³-hybridized carbons (Fsp3) is 0.222. The Hall–Kier alpha value is -3.84. The molecule has 6 aromatic carbocycles. The van der Waals surface area contributed by atoms with Crippen LogP contribution >= 0.6 is 0 Å². The zero-order valence-corrected chi connectivity index (χ0v) is 22.3. The second-order valence-electron chi connectivity index (χ2n) is 9.88. The van der Waals surface area contributed by atoms with Gasteiger partial charge in [0.1, 0.15) is 11.5 Å². The van der Waals surface area contributed by atoms with Gasteiger partial charge in [-0.1, -0.05) is 100 Å². The lowest BCUT2D eigenvalue weighted by Crippen LogP contribution is -1.99. The van der Waals surface area contributed by atoms with Gasteiger partial charge in [0, 0.05) is 10.8 Å². The quantitative estimate of drug-likeness (QED) is 0.215. The highest BCUT2D eigenvalue weighted by molar-refractivity contribution is 6.10. The smallest absolute Gasteiger partial charge is 0.135 e. The predicted octanol–water partition coefficient (Wildman–Crippen LogP) is 10.3. The highest BCUT2D eigenvalue weighted by Gasteiger charge is 2.19. The minimum atomic E-state index is 0.954. The maximum atomic E-state index is 6.99. The number of benzene rings is 6. The minimum absolute atomic E-state index is 0.954. The summed E-state index contributed by atoms with van der Waals surface area (Å²) in [5.41, 5.74) is 5.54. The van der Waals surface area contributed by atoms with E-state index >= 15 is 0 Å². The molecule has 0 heterocycles. The topological polar surface area (TPSA) is 9.23 Å². The van der Waals surface area contributed by atoms with Gasteiger partial charge >= 0.3 is 0 Å². The van der Waals surface area contributed by atoms with Crippen LogP contribution in [0.3, 0.4) is 0 Å². The predicted molar refractivity (Wildman–Crippen MR) is 160 cm³/mol. The Labute approximate surface area is 219 Å². The van der Waals surface area contributed by atoms with Gasteiger partial charge in [-0.3, -0.25) is 0 Å². The molecule has 0 fully saturated rings. The molecule has 0 N–H and O–H groups in total. The molecule has 0 bridgehead atoms. The van der Waals surface area contributed by atoms with Crippen LogP contribution in [0.2, 0.25) is 0 Å². The third-order valence-electron chi connectivity index (χ3n) is 8.09. The molecule has 0 atom stereocenters. The van der Waals surface area contributed by atoms with Gasteiger partial charge in [0.25, 0.3) is 0 Å². The summed E-state index contributed by atoms with van der Waals surface area (Å²) in [6.07, 6.45) is 3.90. The minimum Gasteiger partial charge on any atom is -0.456 e. The molecule has 0 aliphatic rings. The zero-order valence-electron chi connectivity index (χ0n) is 22.3. The van der Waals surface area contributed by atoms with E-state index in [0.717, 1.165) is 37.2 Å². The van der Waals surface area contributed by atoms with Crippen molar-refractivity contribution in [2.45, 2.75) is 53.4 Å². The van der Waals surface area contributed by atoms with Gasteiger partial charge in [-0.25, -0.2) is 0 Å². The molecule has 1 heteroatoms. The van der Waals surface area contributed by atoms with Gasteiger partial charge in [0.2, 0.25) is 0 Å². The fourth-order valence-electron chi connectivity index (χ4n) is 6.55. The summed E-state index contributed by atoms with van der Waals surface area (Å²) in [6, 6.07) is 30.9. The molecule has 37 heavy (non-hydrogen) atoms. The molecule has 0 saturated heterocycles. The maximum absolute atomic E-state index is 6.99. The van der Waals surface area contributed by atoms with E-state index in [1.54, 1.807) is 0 Å². The first-order chi connectivity index (χ1) is 18.2. The van der Waals surface area contributed by atoms with Crippen LogP contribution in [0, 0.1) is 0 Å². The highest BCUT2D eigenvalue weighted by Crippen LogP contribution is 2.43. The number of rotatable bonds is 6. The summed E-state index contributed by atoms with van der Waals surface area (Å²) in [5.74, 6) is 1.91. The van der Waals surface area contributed by atoms with Crippen molar-refractivity contribution in [1.29, 1.82) is 0 Å². The van der Waals surface area contributed by atoms with E-state index in [1.807, 2.05) is 0 Å². The van der Waals surface area contributed by atoms with Crippen molar-refractivity contribution in [3.63, 3.8) is 0 Å². The van der Waals surface area contributed by atoms with E-state index in [4.69, 9.17) is 4.74 Å². The fourth-order valence-corrected chi connectivity index (χ4v) is 6.55. The molecule has 6 aromatic rings. The van der Waals surface area contributed by atoms with Crippen molar-refractivity contribution in [2.75, 3.05) is 0 Å². The summed E-state index contributed by atoms with van der Waals surface area (Å²) < 4.78 is 6.99. The normalized spacial score (nSPS) is 11.7. The molecule has 0 unspecified atom stereocenters. The third kappa shape index (κ3) is 3.60. The van der Waals surface area contributed by atoms with Crippen molar-refractivity contribution < 1.29 is 4.74 Å². The van der Waals surface area contributed by atoms with Gasteiger partial charge in [0.15, 0.2) is 0 Å². The molecular formula is C36H34O. The summed E-state index contributed by atoms with van der Waals surface area (Å²) in [7, 11) is 0. The van der Waals surface area contributed by atoms with E-state index < -0.39 is 0 Å². The zero-order chi connectivity index (χ0) is 25.5. The largest absolute Gasteiger partial charge is 0.456 e. The van der Waals surface area contributed by atoms with Crippen molar-refractivity contribution in [3.05, 3.63) is 107 Å². The van der Waals surface area contributed by atoms with E-state index in [1.165, 1.54) is 65.3 Å². The van der Waals surface area contributed by atoms with Gasteiger partial charge in [-0.05, 0) is 92.4 Å². The summed E-state index contributed by atoms with van der Waals surface area (Å²) in [4.78, 5) is 0. The molecule has 0 spiro atoms. The number of fused-ring (bicyclic) bond motifs is 4. The number of hydrogen-bond acceptors (Lipinski definition) is 1. The van der Waals surface area contributed by atoms with Gasteiger partial charge < -0.3 is 4.74 Å². The highest BCUT2D eigenvalue weighted by atomic mass is 16.5.